The molecule has 9 nitrogen and oxygen atoms in total. The number of nitrogens with one attached hydrogen (secondary N) is 1. The molecule has 7 atom stereocenters. The third kappa shape index (κ3) is 4.36. The van der Waals surface area contributed by atoms with E-state index in [9.17, 15) is 29.7 Å². The summed E-state index contributed by atoms with van der Waals surface area (Å²) in [5, 5.41) is 34.5. The number of carboxylic acid groups (broad SMARTS) is 1. The fourth-order valence-electron chi connectivity index (χ4n) is 6.16. The Hall–Kier alpha value is -1.46. The molecule has 1 amide bonds. The first-order valence-corrected chi connectivity index (χ1v) is 12.8. The van der Waals surface area contributed by atoms with Gasteiger partial charge in [-0.3, -0.25) is 9.59 Å². The van der Waals surface area contributed by atoms with Crippen LogP contribution in [0, 0.1) is 23.7 Å². The number of thioether (sulfide) groups is 1. The molecule has 1 saturated carbocycles. The van der Waals surface area contributed by atoms with Gasteiger partial charge in [0.1, 0.15) is 12.3 Å². The Morgan fingerprint density at radius 2 is 2.00 bits per heavy atom. The second kappa shape index (κ2) is 9.30. The summed E-state index contributed by atoms with van der Waals surface area (Å²) in [7, 11) is 2.10. The number of likely N-dealkylation sites (N-methyl/N-ethyl adjacent to an activating group) is 1. The van der Waals surface area contributed by atoms with Gasteiger partial charge in [-0.2, -0.15) is 0 Å². The maximum Gasteiger partial charge on any atom is 0.240 e. The average molecular weight is 482 g/mol. The van der Waals surface area contributed by atoms with Crippen LogP contribution in [0.2, 0.25) is 0 Å². The minimum Gasteiger partial charge on any atom is -0.545 e. The number of carbonyl (C=O) groups excluding carboxylic acids is 3. The summed E-state index contributed by atoms with van der Waals surface area (Å²) in [6.07, 6.45) is -0.200. The third-order valence-corrected chi connectivity index (χ3v) is 9.73. The summed E-state index contributed by atoms with van der Waals surface area (Å²) >= 11 is 1.46. The minimum absolute atomic E-state index is 0.0311. The predicted molar refractivity (Wildman–Crippen MR) is 121 cm³/mol. The number of allylic oxidation sites excluding steroid dienone is 1. The largest absolute Gasteiger partial charge is 0.545 e. The SMILES string of the molecule is C[C@@H](O)[C@H]1C(=O)C2C(C(=O)[O-])=C(S[C@@H]3CN[C@H](C(=O)N4CC[N+](C)(CCO)CC4)C3)[C@H](C)[C@@H]21. The summed E-state index contributed by atoms with van der Waals surface area (Å²) in [4.78, 5) is 40.1. The van der Waals surface area contributed by atoms with Crippen molar-refractivity contribution in [3.05, 3.63) is 10.5 Å². The standard InChI is InChI=1S/C23H35N3O6S/c1-12-16-17(13(2)28)20(29)18(16)19(23(31)32)21(12)33-14-10-15(24-11-14)22(30)25-4-6-26(3,7-5-25)8-9-27/h12-18,24,27-28H,4-11H2,1-3H3/t12-,13-,14+,15+,16-,17-,18?/m1/s1. The Kier molecular flexibility index (Phi) is 6.95. The lowest BCUT2D eigenvalue weighted by atomic mass is 9.59. The summed E-state index contributed by atoms with van der Waals surface area (Å²) in [6.45, 7) is 7.89. The van der Waals surface area contributed by atoms with Gasteiger partial charge in [0.25, 0.3) is 0 Å². The van der Waals surface area contributed by atoms with Gasteiger partial charge in [0.15, 0.2) is 0 Å². The molecule has 0 radical (unpaired) electrons. The first kappa shape index (κ1) is 24.7. The van der Waals surface area contributed by atoms with Crippen molar-refractivity contribution in [2.24, 2.45) is 23.7 Å². The maximum atomic E-state index is 13.1. The van der Waals surface area contributed by atoms with Crippen LogP contribution >= 0.6 is 11.8 Å². The predicted octanol–water partition coefficient (Wildman–Crippen LogP) is -1.80. The van der Waals surface area contributed by atoms with Gasteiger partial charge in [0.2, 0.25) is 5.91 Å². The fraction of sp³-hybridized carbons (Fsp3) is 0.783. The molecule has 0 bridgehead atoms. The summed E-state index contributed by atoms with van der Waals surface area (Å²) < 4.78 is 0.767. The first-order valence-electron chi connectivity index (χ1n) is 11.9. The van der Waals surface area contributed by atoms with Crippen LogP contribution in [-0.4, -0.2) is 108 Å². The van der Waals surface area contributed by atoms with E-state index in [1.807, 2.05) is 11.8 Å². The molecule has 4 rings (SSSR count). The molecule has 184 valence electrons. The molecule has 0 aromatic carbocycles. The molecule has 3 N–H and O–H groups in total. The number of hydrogen-bond acceptors (Lipinski definition) is 8. The van der Waals surface area contributed by atoms with Crippen molar-refractivity contribution in [1.29, 1.82) is 0 Å². The number of nitrogens with zero attached hydrogens (tertiary/aromatic N) is 2. The molecule has 0 aromatic rings. The number of piperazine rings is 1. The van der Waals surface area contributed by atoms with Crippen molar-refractivity contribution in [2.45, 2.75) is 37.7 Å². The van der Waals surface area contributed by atoms with Crippen LogP contribution in [0.3, 0.4) is 0 Å². The lowest BCUT2D eigenvalue weighted by Crippen LogP contribution is -2.60. The van der Waals surface area contributed by atoms with E-state index in [0.29, 0.717) is 37.5 Å². The molecule has 3 fully saturated rings. The van der Waals surface area contributed by atoms with Crippen molar-refractivity contribution in [3.8, 4) is 0 Å². The lowest BCUT2D eigenvalue weighted by molar-refractivity contribution is -0.913. The van der Waals surface area contributed by atoms with Crippen molar-refractivity contribution < 1.29 is 34.2 Å². The van der Waals surface area contributed by atoms with Crippen LogP contribution < -0.4 is 10.4 Å². The van der Waals surface area contributed by atoms with E-state index in [-0.39, 0.29) is 47.0 Å². The number of fused-ring (bicyclic) bond motifs is 1. The van der Waals surface area contributed by atoms with Crippen LogP contribution in [0.5, 0.6) is 0 Å². The van der Waals surface area contributed by atoms with Crippen molar-refractivity contribution >= 4 is 29.4 Å². The Morgan fingerprint density at radius 1 is 1.33 bits per heavy atom. The number of carbonyl (C=O) groups is 3. The monoisotopic (exact) mass is 481 g/mol. The van der Waals surface area contributed by atoms with Gasteiger partial charge in [0.05, 0.1) is 57.9 Å². The van der Waals surface area contributed by atoms with E-state index in [4.69, 9.17) is 0 Å². The minimum atomic E-state index is -1.30. The van der Waals surface area contributed by atoms with E-state index < -0.39 is 23.9 Å². The number of hydrogen-bond donors (Lipinski definition) is 3. The number of amides is 1. The maximum absolute atomic E-state index is 13.1. The normalized spacial score (nSPS) is 36.5. The Labute approximate surface area is 198 Å². The molecule has 4 aliphatic rings. The van der Waals surface area contributed by atoms with E-state index >= 15 is 0 Å². The lowest BCUT2D eigenvalue weighted by Gasteiger charge is -2.43. The zero-order chi connectivity index (χ0) is 24.1. The number of quaternary nitrogens is 1. The van der Waals surface area contributed by atoms with Crippen molar-refractivity contribution in [2.75, 3.05) is 52.9 Å². The third-order valence-electron chi connectivity index (χ3n) is 8.19. The van der Waals surface area contributed by atoms with Crippen molar-refractivity contribution in [3.63, 3.8) is 0 Å². The molecule has 0 aromatic heterocycles. The van der Waals surface area contributed by atoms with E-state index in [2.05, 4.69) is 12.4 Å². The molecule has 33 heavy (non-hydrogen) atoms. The number of rotatable bonds is 7. The Morgan fingerprint density at radius 3 is 2.58 bits per heavy atom. The van der Waals surface area contributed by atoms with E-state index in [1.165, 1.54) is 11.8 Å². The van der Waals surface area contributed by atoms with Gasteiger partial charge in [0, 0.05) is 23.6 Å². The highest BCUT2D eigenvalue weighted by atomic mass is 32.2. The van der Waals surface area contributed by atoms with Crippen LogP contribution in [0.15, 0.2) is 10.5 Å². The molecule has 2 aliphatic heterocycles. The molecular weight excluding hydrogens is 446 g/mol. The van der Waals surface area contributed by atoms with Gasteiger partial charge in [-0.1, -0.05) is 6.92 Å². The van der Waals surface area contributed by atoms with Crippen LogP contribution in [0.4, 0.5) is 0 Å². The van der Waals surface area contributed by atoms with Gasteiger partial charge < -0.3 is 34.8 Å². The Bertz CT molecular complexity index is 853. The molecular formula is C23H35N3O6S. The summed E-state index contributed by atoms with van der Waals surface area (Å²) in [5.41, 5.74) is 0.0890. The second-order valence-electron chi connectivity index (χ2n) is 10.4. The molecule has 2 saturated heterocycles. The van der Waals surface area contributed by atoms with Crippen LogP contribution in [-0.2, 0) is 14.4 Å². The number of carboxylic acids is 1. The molecule has 0 spiro atoms. The van der Waals surface area contributed by atoms with Gasteiger partial charge >= 0.3 is 0 Å². The highest BCUT2D eigenvalue weighted by molar-refractivity contribution is 8.03. The Balaban J connectivity index is 1.39. The number of Topliss-reactive ketones (excluding diaryl/α,β-unsaturated/α-hetero) is 1. The molecule has 10 heteroatoms. The highest BCUT2D eigenvalue weighted by Gasteiger charge is 2.60. The van der Waals surface area contributed by atoms with Crippen molar-refractivity contribution in [1.82, 2.24) is 10.2 Å². The number of ketones is 1. The molecule has 2 heterocycles. The topological polar surface area (TPSA) is 130 Å². The molecule has 1 unspecified atom stereocenters. The smallest absolute Gasteiger partial charge is 0.240 e. The quantitative estimate of drug-likeness (QED) is 0.363. The van der Waals surface area contributed by atoms with Crippen LogP contribution in [0.25, 0.3) is 0 Å². The van der Waals surface area contributed by atoms with Gasteiger partial charge in [-0.05, 0) is 35.7 Å². The summed E-state index contributed by atoms with van der Waals surface area (Å²) in [5.74, 6) is -2.97. The molecule has 2 aliphatic carbocycles. The number of aliphatic hydroxyl groups excluding tert-OH is 2. The van der Waals surface area contributed by atoms with E-state index in [0.717, 1.165) is 17.6 Å². The van der Waals surface area contributed by atoms with Gasteiger partial charge in [-0.15, -0.1) is 11.8 Å². The average Bonchev–Trinajstić information content (AvgIpc) is 3.30. The second-order valence-corrected chi connectivity index (χ2v) is 11.7. The highest BCUT2D eigenvalue weighted by Crippen LogP contribution is 2.58. The number of aliphatic carboxylic acids is 1. The first-order chi connectivity index (χ1) is 15.6. The zero-order valence-corrected chi connectivity index (χ0v) is 20.3. The number of aliphatic hydroxyl groups is 2. The zero-order valence-electron chi connectivity index (χ0n) is 19.5. The summed E-state index contributed by atoms with van der Waals surface area (Å²) in [6, 6.07) is -0.301. The van der Waals surface area contributed by atoms with E-state index in [1.54, 1.807) is 6.92 Å². The van der Waals surface area contributed by atoms with Crippen LogP contribution in [0.1, 0.15) is 20.3 Å². The fourth-order valence-corrected chi connectivity index (χ4v) is 7.69. The van der Waals surface area contributed by atoms with Gasteiger partial charge in [-0.25, -0.2) is 0 Å².